The van der Waals surface area contributed by atoms with E-state index in [0.29, 0.717) is 17.7 Å². The van der Waals surface area contributed by atoms with Crippen molar-refractivity contribution in [3.05, 3.63) is 40.6 Å². The molecule has 2 aromatic heterocycles. The first-order valence-corrected chi connectivity index (χ1v) is 10.7. The van der Waals surface area contributed by atoms with Gasteiger partial charge >= 0.3 is 0 Å². The largest absolute Gasteiger partial charge is 0.276 e. The number of fused-ring (bicyclic) bond motifs is 2. The number of sulfone groups is 1. The van der Waals surface area contributed by atoms with Gasteiger partial charge in [-0.25, -0.2) is 23.5 Å². The standard InChI is InChI=1S/C14H12N4O3S.2C2H6.H2/c1-22(20,21)14-11-10(6-15-18-13(11)19)16-12(17-14)8-3-2-7-4-9(7)5-8;2*1-2;/h2-3,5-7,9H,4H2,1H3,(H,18,19);2*1-2H3;1H. The number of nitrogens with one attached hydrogen (secondary N) is 1. The number of aromatic amines is 1. The van der Waals surface area contributed by atoms with Crippen molar-refractivity contribution in [2.75, 3.05) is 6.26 Å². The SMILES string of the molecule is CC.CC.CS(=O)(=O)c1nc(C2=CC3CC3C=C2)nc2cn[nH]c(=O)c12.[HH]. The quantitative estimate of drug-likeness (QED) is 0.805. The second-order valence-electron chi connectivity index (χ2n) is 5.63. The normalized spacial score (nSPS) is 20.1. The van der Waals surface area contributed by atoms with Gasteiger partial charge in [0.2, 0.25) is 0 Å². The van der Waals surface area contributed by atoms with E-state index in [1.807, 2.05) is 33.8 Å². The van der Waals surface area contributed by atoms with E-state index in [-0.39, 0.29) is 17.4 Å². The summed E-state index contributed by atoms with van der Waals surface area (Å²) < 4.78 is 24.0. The smallest absolute Gasteiger partial charge is 0.267 e. The highest BCUT2D eigenvalue weighted by molar-refractivity contribution is 7.90. The van der Waals surface area contributed by atoms with Crippen molar-refractivity contribution in [1.82, 2.24) is 20.2 Å². The Kier molecular flexibility index (Phi) is 6.07. The van der Waals surface area contributed by atoms with Crippen LogP contribution in [-0.2, 0) is 9.84 Å². The molecule has 0 radical (unpaired) electrons. The van der Waals surface area contributed by atoms with Gasteiger partial charge in [0, 0.05) is 13.3 Å². The molecule has 0 bridgehead atoms. The van der Waals surface area contributed by atoms with Crippen LogP contribution in [0.2, 0.25) is 0 Å². The van der Waals surface area contributed by atoms with E-state index in [4.69, 9.17) is 0 Å². The average Bonchev–Trinajstić information content (AvgIpc) is 3.42. The summed E-state index contributed by atoms with van der Waals surface area (Å²) >= 11 is 0. The highest BCUT2D eigenvalue weighted by Gasteiger charge is 2.35. The Hall–Kier alpha value is -2.35. The van der Waals surface area contributed by atoms with Crippen LogP contribution in [-0.4, -0.2) is 34.8 Å². The summed E-state index contributed by atoms with van der Waals surface area (Å²) in [5.74, 6) is 1.38. The van der Waals surface area contributed by atoms with Crippen LogP contribution in [0.1, 0.15) is 41.4 Å². The van der Waals surface area contributed by atoms with Gasteiger partial charge in [-0.05, 0) is 18.3 Å². The first-order valence-electron chi connectivity index (χ1n) is 8.79. The summed E-state index contributed by atoms with van der Waals surface area (Å²) in [6.07, 6.45) is 9.52. The summed E-state index contributed by atoms with van der Waals surface area (Å²) in [5.41, 5.74) is 0.395. The molecule has 4 rings (SSSR count). The topological polar surface area (TPSA) is 106 Å². The zero-order valence-electron chi connectivity index (χ0n) is 15.6. The molecule has 0 amide bonds. The Morgan fingerprint density at radius 3 is 2.46 bits per heavy atom. The molecule has 7 nitrogen and oxygen atoms in total. The molecular formula is C18H26N4O3S. The van der Waals surface area contributed by atoms with Crippen LogP contribution in [0.5, 0.6) is 0 Å². The van der Waals surface area contributed by atoms with E-state index in [1.165, 1.54) is 6.20 Å². The molecule has 142 valence electrons. The van der Waals surface area contributed by atoms with Gasteiger partial charge in [0.15, 0.2) is 20.7 Å². The zero-order valence-corrected chi connectivity index (χ0v) is 16.5. The van der Waals surface area contributed by atoms with Crippen molar-refractivity contribution >= 4 is 26.3 Å². The molecule has 1 fully saturated rings. The van der Waals surface area contributed by atoms with E-state index >= 15 is 0 Å². The lowest BCUT2D eigenvalue weighted by molar-refractivity contribution is 0.599. The maximum Gasteiger partial charge on any atom is 0.276 e. The molecule has 2 aliphatic carbocycles. The minimum atomic E-state index is -3.67. The van der Waals surface area contributed by atoms with E-state index < -0.39 is 15.4 Å². The molecule has 0 saturated heterocycles. The third kappa shape index (κ3) is 3.90. The third-order valence-electron chi connectivity index (χ3n) is 3.90. The molecule has 0 aromatic carbocycles. The summed E-state index contributed by atoms with van der Waals surface area (Å²) in [4.78, 5) is 20.4. The molecule has 2 unspecified atom stereocenters. The summed E-state index contributed by atoms with van der Waals surface area (Å²) in [7, 11) is -3.67. The van der Waals surface area contributed by atoms with Crippen molar-refractivity contribution in [2.45, 2.75) is 39.1 Å². The van der Waals surface area contributed by atoms with E-state index in [9.17, 15) is 13.2 Å². The summed E-state index contributed by atoms with van der Waals surface area (Å²) in [5, 5.41) is 5.59. The van der Waals surface area contributed by atoms with Crippen LogP contribution in [0.3, 0.4) is 0 Å². The molecule has 1 N–H and O–H groups in total. The third-order valence-corrected chi connectivity index (χ3v) is 4.90. The Morgan fingerprint density at radius 1 is 1.15 bits per heavy atom. The predicted molar refractivity (Wildman–Crippen MR) is 105 cm³/mol. The van der Waals surface area contributed by atoms with Crippen molar-refractivity contribution in [3.63, 3.8) is 0 Å². The van der Waals surface area contributed by atoms with Crippen LogP contribution < -0.4 is 5.56 Å². The zero-order chi connectivity index (χ0) is 19.5. The average molecular weight is 378 g/mol. The molecule has 8 heteroatoms. The molecule has 26 heavy (non-hydrogen) atoms. The fraction of sp³-hybridized carbons (Fsp3) is 0.444. The number of hydrogen-bond acceptors (Lipinski definition) is 6. The second kappa shape index (κ2) is 7.90. The minimum absolute atomic E-state index is 0. The highest BCUT2D eigenvalue weighted by Crippen LogP contribution is 2.45. The van der Waals surface area contributed by atoms with Gasteiger partial charge in [0.05, 0.1) is 6.20 Å². The predicted octanol–water partition coefficient (Wildman–Crippen LogP) is 3.00. The number of H-pyrrole nitrogens is 1. The van der Waals surface area contributed by atoms with Gasteiger partial charge < -0.3 is 0 Å². The van der Waals surface area contributed by atoms with Gasteiger partial charge in [-0.3, -0.25) is 4.79 Å². The van der Waals surface area contributed by atoms with Crippen molar-refractivity contribution in [1.29, 1.82) is 0 Å². The van der Waals surface area contributed by atoms with Crippen molar-refractivity contribution in [3.8, 4) is 0 Å². The van der Waals surface area contributed by atoms with Crippen LogP contribution in [0.4, 0.5) is 0 Å². The maximum atomic E-state index is 12.0. The lowest BCUT2D eigenvalue weighted by Gasteiger charge is -2.08. The molecule has 2 aliphatic rings. The molecule has 2 atom stereocenters. The van der Waals surface area contributed by atoms with Crippen LogP contribution in [0, 0.1) is 11.8 Å². The second-order valence-corrected chi connectivity index (χ2v) is 7.56. The number of nitrogens with zero attached hydrogens (tertiary/aromatic N) is 3. The van der Waals surface area contributed by atoms with E-state index in [2.05, 4.69) is 32.3 Å². The Labute approximate surface area is 154 Å². The van der Waals surface area contributed by atoms with Crippen molar-refractivity contribution in [2.24, 2.45) is 11.8 Å². The summed E-state index contributed by atoms with van der Waals surface area (Å²) in [6.45, 7) is 8.00. The lowest BCUT2D eigenvalue weighted by atomic mass is 10.1. The molecular weight excluding hydrogens is 352 g/mol. The molecule has 0 aliphatic heterocycles. The van der Waals surface area contributed by atoms with Gasteiger partial charge in [-0.15, -0.1) is 0 Å². The Morgan fingerprint density at radius 2 is 1.85 bits per heavy atom. The van der Waals surface area contributed by atoms with Gasteiger partial charge in [0.1, 0.15) is 10.9 Å². The maximum absolute atomic E-state index is 12.0. The Balaban J connectivity index is 0.000000686. The van der Waals surface area contributed by atoms with Crippen molar-refractivity contribution < 1.29 is 9.84 Å². The first kappa shape index (κ1) is 20.0. The molecule has 2 aromatic rings. The number of hydrogen-bond donors (Lipinski definition) is 1. The van der Waals surface area contributed by atoms with Gasteiger partial charge in [-0.1, -0.05) is 45.9 Å². The first-order chi connectivity index (χ1) is 12.4. The van der Waals surface area contributed by atoms with E-state index in [1.54, 1.807) is 0 Å². The number of rotatable bonds is 2. The fourth-order valence-electron chi connectivity index (χ4n) is 2.68. The fourth-order valence-corrected chi connectivity index (χ4v) is 3.50. The monoisotopic (exact) mass is 378 g/mol. The van der Waals surface area contributed by atoms with Gasteiger partial charge in [-0.2, -0.15) is 5.10 Å². The highest BCUT2D eigenvalue weighted by atomic mass is 32.2. The Bertz CT molecular complexity index is 1030. The van der Waals surface area contributed by atoms with E-state index in [0.717, 1.165) is 18.2 Å². The number of aromatic nitrogens is 4. The van der Waals surface area contributed by atoms with Gasteiger partial charge in [0.25, 0.3) is 5.56 Å². The minimum Gasteiger partial charge on any atom is -0.267 e. The molecule has 0 spiro atoms. The number of allylic oxidation sites excluding steroid dienone is 4. The molecule has 2 heterocycles. The summed E-state index contributed by atoms with van der Waals surface area (Å²) in [6, 6.07) is 0. The van der Waals surface area contributed by atoms with Crippen LogP contribution >= 0.6 is 0 Å². The lowest BCUT2D eigenvalue weighted by Crippen LogP contribution is -2.16. The molecule has 1 saturated carbocycles. The van der Waals surface area contributed by atoms with Crippen LogP contribution in [0.25, 0.3) is 16.5 Å². The van der Waals surface area contributed by atoms with Crippen LogP contribution in [0.15, 0.2) is 34.2 Å².